The normalized spacial score (nSPS) is 18.9. The molecule has 0 spiro atoms. The fourth-order valence-electron chi connectivity index (χ4n) is 3.93. The molecule has 7 nitrogen and oxygen atoms in total. The molecule has 1 atom stereocenters. The molecule has 1 heterocycles. The van der Waals surface area contributed by atoms with Crippen LogP contribution in [0.4, 0.5) is 0 Å². The number of benzene rings is 3. The highest BCUT2D eigenvalue weighted by Gasteiger charge is 2.34. The quantitative estimate of drug-likeness (QED) is 0.350. The topological polar surface area (TPSA) is 100 Å². The van der Waals surface area contributed by atoms with E-state index in [2.05, 4.69) is 9.39 Å². The van der Waals surface area contributed by atoms with Gasteiger partial charge < -0.3 is 5.73 Å². The van der Waals surface area contributed by atoms with E-state index >= 15 is 0 Å². The molecule has 0 aromatic heterocycles. The van der Waals surface area contributed by atoms with Gasteiger partial charge in [0.25, 0.3) is 16.0 Å². The summed E-state index contributed by atoms with van der Waals surface area (Å²) in [7, 11) is -4.10. The van der Waals surface area contributed by atoms with Crippen LogP contribution < -0.4 is 5.73 Å². The summed E-state index contributed by atoms with van der Waals surface area (Å²) in [5, 5.41) is 7.36. The minimum Gasteiger partial charge on any atom is -0.387 e. The molecule has 2 N–H and O–H groups in total. The van der Waals surface area contributed by atoms with Gasteiger partial charge in [-0.2, -0.15) is 18.5 Å². The molecular weight excluding hydrogens is 517 g/mol. The summed E-state index contributed by atoms with van der Waals surface area (Å²) in [5.74, 6) is 0.263. The Morgan fingerprint density at radius 3 is 2.14 bits per heavy atom. The van der Waals surface area contributed by atoms with Crippen LogP contribution in [0.1, 0.15) is 29.9 Å². The van der Waals surface area contributed by atoms with Crippen molar-refractivity contribution in [3.05, 3.63) is 100 Å². The second-order valence-corrected chi connectivity index (χ2v) is 11.1. The van der Waals surface area contributed by atoms with Gasteiger partial charge >= 0.3 is 0 Å². The number of rotatable bonds is 5. The number of hydrazone groups is 1. The van der Waals surface area contributed by atoms with Crippen LogP contribution >= 0.6 is 23.2 Å². The van der Waals surface area contributed by atoms with Crippen molar-refractivity contribution in [3.63, 3.8) is 0 Å². The van der Waals surface area contributed by atoms with Crippen molar-refractivity contribution >= 4 is 50.7 Å². The van der Waals surface area contributed by atoms with Crippen molar-refractivity contribution in [2.45, 2.75) is 23.7 Å². The Labute approximate surface area is 220 Å². The van der Waals surface area contributed by atoms with E-state index in [9.17, 15) is 8.42 Å². The highest BCUT2D eigenvalue weighted by molar-refractivity contribution is 7.90. The summed E-state index contributed by atoms with van der Waals surface area (Å²) in [6.45, 7) is 0.346. The molecular formula is C26H23Cl2N5O2S. The van der Waals surface area contributed by atoms with Gasteiger partial charge in [-0.3, -0.25) is 0 Å². The van der Waals surface area contributed by atoms with Crippen molar-refractivity contribution in [1.29, 1.82) is 0 Å². The molecule has 1 aliphatic carbocycles. The van der Waals surface area contributed by atoms with E-state index in [4.69, 9.17) is 34.0 Å². The average Bonchev–Trinajstić information content (AvgIpc) is 3.63. The highest BCUT2D eigenvalue weighted by atomic mass is 35.5. The highest BCUT2D eigenvalue weighted by Crippen LogP contribution is 2.32. The Morgan fingerprint density at radius 2 is 1.53 bits per heavy atom. The summed E-state index contributed by atoms with van der Waals surface area (Å²) in [6.07, 6.45) is 1.83. The zero-order chi connectivity index (χ0) is 25.3. The van der Waals surface area contributed by atoms with Crippen molar-refractivity contribution in [2.24, 2.45) is 26.1 Å². The number of guanidine groups is 1. The number of halogens is 2. The monoisotopic (exact) mass is 539 g/mol. The van der Waals surface area contributed by atoms with E-state index in [0.717, 1.165) is 29.7 Å². The number of hydrogen-bond acceptors (Lipinski definition) is 3. The molecule has 2 aliphatic rings. The maximum absolute atomic E-state index is 13.2. The molecule has 0 saturated heterocycles. The molecule has 3 aromatic rings. The molecule has 1 aliphatic heterocycles. The Hall–Kier alpha value is -3.20. The summed E-state index contributed by atoms with van der Waals surface area (Å²) < 4.78 is 30.5. The van der Waals surface area contributed by atoms with Gasteiger partial charge in [-0.1, -0.05) is 65.7 Å². The second kappa shape index (κ2) is 10.0. The Balaban J connectivity index is 1.59. The maximum Gasteiger partial charge on any atom is 0.285 e. The molecule has 3 aromatic carbocycles. The fraction of sp³-hybridized carbons (Fsp3) is 0.192. The Bertz CT molecular complexity index is 1450. The predicted molar refractivity (Wildman–Crippen MR) is 144 cm³/mol. The van der Waals surface area contributed by atoms with Crippen molar-refractivity contribution in [1.82, 2.24) is 5.01 Å². The molecule has 0 bridgehead atoms. The molecule has 36 heavy (non-hydrogen) atoms. The summed E-state index contributed by atoms with van der Waals surface area (Å²) in [4.78, 5) is 4.46. The zero-order valence-electron chi connectivity index (χ0n) is 19.1. The van der Waals surface area contributed by atoms with E-state index in [0.29, 0.717) is 22.4 Å². The number of aliphatic imine (C=N–C) groups is 1. The molecule has 1 unspecified atom stereocenters. The third kappa shape index (κ3) is 5.46. The van der Waals surface area contributed by atoms with Gasteiger partial charge in [0.15, 0.2) is 0 Å². The van der Waals surface area contributed by atoms with Crippen LogP contribution in [-0.2, 0) is 10.0 Å². The molecule has 0 radical (unpaired) electrons. The first-order valence-electron chi connectivity index (χ1n) is 11.4. The Morgan fingerprint density at radius 1 is 0.917 bits per heavy atom. The van der Waals surface area contributed by atoms with Gasteiger partial charge in [0.1, 0.15) is 5.84 Å². The van der Waals surface area contributed by atoms with Crippen LogP contribution in [0.15, 0.2) is 98.2 Å². The van der Waals surface area contributed by atoms with E-state index in [1.54, 1.807) is 12.1 Å². The Kier molecular flexibility index (Phi) is 6.83. The first-order valence-corrected chi connectivity index (χ1v) is 13.6. The van der Waals surface area contributed by atoms with Gasteiger partial charge in [-0.25, -0.2) is 5.01 Å². The van der Waals surface area contributed by atoms with Crippen LogP contribution in [0.25, 0.3) is 0 Å². The fourth-order valence-corrected chi connectivity index (χ4v) is 5.12. The molecule has 5 rings (SSSR count). The van der Waals surface area contributed by atoms with E-state index in [1.807, 2.05) is 42.5 Å². The van der Waals surface area contributed by atoms with Gasteiger partial charge in [0.2, 0.25) is 0 Å². The van der Waals surface area contributed by atoms with Gasteiger partial charge in [0, 0.05) is 21.9 Å². The summed E-state index contributed by atoms with van der Waals surface area (Å²) >= 11 is 12.0. The van der Waals surface area contributed by atoms with Crippen molar-refractivity contribution < 1.29 is 8.42 Å². The summed E-state index contributed by atoms with van der Waals surface area (Å²) in [5.41, 5.74) is 8.86. The van der Waals surface area contributed by atoms with Crippen LogP contribution in [0.2, 0.25) is 10.0 Å². The minimum absolute atomic E-state index is 0.00491. The molecule has 10 heteroatoms. The SMILES string of the molecule is NC(=NC(=NS(=O)(=O)c1ccc(Cl)cc1)N1CC(c2ccccc2)C(c2ccc(Cl)cc2)=N1)C1CC1. The maximum atomic E-state index is 13.2. The van der Waals surface area contributed by atoms with Crippen LogP contribution in [-0.4, -0.2) is 37.5 Å². The van der Waals surface area contributed by atoms with Crippen molar-refractivity contribution in [2.75, 3.05) is 6.54 Å². The lowest BCUT2D eigenvalue weighted by atomic mass is 9.91. The second-order valence-electron chi connectivity index (χ2n) is 8.67. The van der Waals surface area contributed by atoms with Gasteiger partial charge in [0.05, 0.1) is 17.2 Å². The third-order valence-corrected chi connectivity index (χ3v) is 7.80. The number of nitrogens with two attached hydrogens (primary N) is 1. The van der Waals surface area contributed by atoms with Crippen LogP contribution in [0.5, 0.6) is 0 Å². The predicted octanol–water partition coefficient (Wildman–Crippen LogP) is 5.31. The number of nitrogens with zero attached hydrogens (tertiary/aromatic N) is 4. The third-order valence-electron chi connectivity index (χ3n) is 6.02. The van der Waals surface area contributed by atoms with Crippen LogP contribution in [0, 0.1) is 5.92 Å². The standard InChI is InChI=1S/C26H23Cl2N5O2S/c27-20-10-8-18(9-11-20)24-23(17-4-2-1-3-5-17)16-33(31-24)26(30-25(29)19-6-7-19)32-36(34,35)22-14-12-21(28)13-15-22/h1-5,8-15,19,23H,6-7,16H2,(H2,29,30,32). The lowest BCUT2D eigenvalue weighted by molar-refractivity contribution is 0.470. The van der Waals surface area contributed by atoms with Crippen molar-refractivity contribution in [3.8, 4) is 0 Å². The lowest BCUT2D eigenvalue weighted by Gasteiger charge is -2.16. The molecule has 1 saturated carbocycles. The molecule has 0 amide bonds. The molecule has 1 fully saturated rings. The van der Waals surface area contributed by atoms with E-state index in [1.165, 1.54) is 29.3 Å². The van der Waals surface area contributed by atoms with Gasteiger partial charge in [-0.15, -0.1) is 4.40 Å². The number of amidine groups is 1. The van der Waals surface area contributed by atoms with Crippen LogP contribution in [0.3, 0.4) is 0 Å². The smallest absolute Gasteiger partial charge is 0.285 e. The number of hydrogen-bond donors (Lipinski definition) is 1. The lowest BCUT2D eigenvalue weighted by Crippen LogP contribution is -2.28. The van der Waals surface area contributed by atoms with E-state index in [-0.39, 0.29) is 22.7 Å². The summed E-state index contributed by atoms with van der Waals surface area (Å²) in [6, 6.07) is 23.1. The average molecular weight is 540 g/mol. The van der Waals surface area contributed by atoms with E-state index < -0.39 is 10.0 Å². The largest absolute Gasteiger partial charge is 0.387 e. The number of sulfonamides is 1. The first-order chi connectivity index (χ1) is 17.3. The minimum atomic E-state index is -4.10. The van der Waals surface area contributed by atoms with Gasteiger partial charge in [-0.05, 0) is 60.4 Å². The zero-order valence-corrected chi connectivity index (χ0v) is 21.5. The first kappa shape index (κ1) is 24.5. The molecule has 184 valence electrons.